The summed E-state index contributed by atoms with van der Waals surface area (Å²) in [5.74, 6) is 0. The van der Waals surface area contributed by atoms with E-state index < -0.39 is 42.4 Å². The second-order valence-electron chi connectivity index (χ2n) is 3.36. The summed E-state index contributed by atoms with van der Waals surface area (Å²) in [6, 6.07) is 1.01. The Hall–Kier alpha value is -1.22. The first-order chi connectivity index (χ1) is 8.49. The fourth-order valence-corrected chi connectivity index (χ4v) is 1.37. The first kappa shape index (κ1) is 14.8. The van der Waals surface area contributed by atoms with E-state index in [-0.39, 0.29) is 0 Å². The molecule has 0 radical (unpaired) electrons. The van der Waals surface area contributed by atoms with E-state index in [1.54, 1.807) is 0 Å². The minimum Gasteiger partial charge on any atom is -0.394 e. The molecule has 0 spiro atoms. The van der Waals surface area contributed by atoms with E-state index in [0.29, 0.717) is 0 Å². The molecule has 0 amide bonds. The summed E-state index contributed by atoms with van der Waals surface area (Å²) in [6.45, 7) is -1.76. The van der Waals surface area contributed by atoms with Gasteiger partial charge in [-0.3, -0.25) is 14.3 Å². The summed E-state index contributed by atoms with van der Waals surface area (Å²) in [7, 11) is 0. The fourth-order valence-electron chi connectivity index (χ4n) is 1.23. The zero-order valence-corrected chi connectivity index (χ0v) is 9.88. The van der Waals surface area contributed by atoms with Crippen LogP contribution in [-0.2, 0) is 4.74 Å². The molecule has 0 bridgehead atoms. The summed E-state index contributed by atoms with van der Waals surface area (Å²) in [5, 5.41) is 17.9. The van der Waals surface area contributed by atoms with Gasteiger partial charge in [0.2, 0.25) is 0 Å². The Morgan fingerprint density at radius 1 is 1.56 bits per heavy atom. The topological polar surface area (TPSA) is 105 Å². The Kier molecular flexibility index (Phi) is 5.48. The SMILES string of the molecule is O=c1ccn([C@@H](CF)O[C@H](CO)[C@@H](O)Cl)c(=O)[nH]1. The third-order valence-corrected chi connectivity index (χ3v) is 2.39. The number of nitrogens with zero attached hydrogens (tertiary/aromatic N) is 1. The van der Waals surface area contributed by atoms with Crippen molar-refractivity contribution < 1.29 is 19.3 Å². The van der Waals surface area contributed by atoms with Crippen LogP contribution in [0.5, 0.6) is 0 Å². The molecule has 3 atom stereocenters. The van der Waals surface area contributed by atoms with E-state index in [9.17, 15) is 14.0 Å². The fraction of sp³-hybridized carbons (Fsp3) is 0.556. The molecular weight excluding hydrogens is 271 g/mol. The molecule has 0 saturated heterocycles. The minimum atomic E-state index is -1.55. The number of rotatable bonds is 6. The molecular formula is C9H12ClFN2O5. The Bertz CT molecular complexity index is 488. The van der Waals surface area contributed by atoms with Crippen LogP contribution in [0.2, 0.25) is 0 Å². The Balaban J connectivity index is 2.96. The average molecular weight is 283 g/mol. The van der Waals surface area contributed by atoms with Gasteiger partial charge in [-0.2, -0.15) is 0 Å². The van der Waals surface area contributed by atoms with E-state index in [2.05, 4.69) is 0 Å². The van der Waals surface area contributed by atoms with E-state index >= 15 is 0 Å². The van der Waals surface area contributed by atoms with Gasteiger partial charge < -0.3 is 14.9 Å². The number of aromatic nitrogens is 2. The van der Waals surface area contributed by atoms with Crippen molar-refractivity contribution in [2.75, 3.05) is 13.3 Å². The number of nitrogens with one attached hydrogen (secondary N) is 1. The molecule has 0 unspecified atom stereocenters. The number of halogens is 2. The van der Waals surface area contributed by atoms with Crippen molar-refractivity contribution >= 4 is 11.6 Å². The van der Waals surface area contributed by atoms with Crippen LogP contribution in [0.1, 0.15) is 6.23 Å². The van der Waals surface area contributed by atoms with Gasteiger partial charge in [0.25, 0.3) is 5.56 Å². The average Bonchev–Trinajstić information content (AvgIpc) is 2.31. The lowest BCUT2D eigenvalue weighted by Crippen LogP contribution is -2.38. The first-order valence-corrected chi connectivity index (χ1v) is 5.39. The predicted octanol–water partition coefficient (Wildman–Crippen LogP) is -1.06. The highest BCUT2D eigenvalue weighted by Gasteiger charge is 2.23. The van der Waals surface area contributed by atoms with E-state index in [0.717, 1.165) is 16.8 Å². The Morgan fingerprint density at radius 2 is 2.22 bits per heavy atom. The number of aliphatic hydroxyl groups excluding tert-OH is 2. The van der Waals surface area contributed by atoms with Crippen molar-refractivity contribution in [2.45, 2.75) is 17.9 Å². The third-order valence-electron chi connectivity index (χ3n) is 2.11. The molecule has 0 aliphatic heterocycles. The highest BCUT2D eigenvalue weighted by molar-refractivity contribution is 6.19. The maximum Gasteiger partial charge on any atom is 0.330 e. The molecule has 1 aromatic rings. The number of aliphatic hydroxyl groups is 2. The van der Waals surface area contributed by atoms with Crippen molar-refractivity contribution in [3.05, 3.63) is 33.1 Å². The maximum absolute atomic E-state index is 12.8. The van der Waals surface area contributed by atoms with Crippen LogP contribution in [0, 0.1) is 0 Å². The zero-order valence-electron chi connectivity index (χ0n) is 9.12. The highest BCUT2D eigenvalue weighted by Crippen LogP contribution is 2.13. The molecule has 0 aromatic carbocycles. The highest BCUT2D eigenvalue weighted by atomic mass is 35.5. The Morgan fingerprint density at radius 3 is 2.67 bits per heavy atom. The lowest BCUT2D eigenvalue weighted by molar-refractivity contribution is -0.112. The number of aromatic amines is 1. The molecule has 0 aliphatic carbocycles. The number of ether oxygens (including phenoxy) is 1. The maximum atomic E-state index is 12.8. The van der Waals surface area contributed by atoms with Gasteiger partial charge in [0.15, 0.2) is 11.8 Å². The van der Waals surface area contributed by atoms with Crippen LogP contribution in [0.4, 0.5) is 4.39 Å². The summed E-state index contributed by atoms with van der Waals surface area (Å²) in [6.07, 6.45) is -1.62. The van der Waals surface area contributed by atoms with Gasteiger partial charge in [0.05, 0.1) is 6.61 Å². The summed E-state index contributed by atoms with van der Waals surface area (Å²) in [5.41, 5.74) is -3.06. The van der Waals surface area contributed by atoms with Crippen molar-refractivity contribution in [3.8, 4) is 0 Å². The van der Waals surface area contributed by atoms with E-state index in [4.69, 9.17) is 26.6 Å². The van der Waals surface area contributed by atoms with Gasteiger partial charge in [0, 0.05) is 12.3 Å². The van der Waals surface area contributed by atoms with Crippen LogP contribution in [0.3, 0.4) is 0 Å². The van der Waals surface area contributed by atoms with Gasteiger partial charge >= 0.3 is 5.69 Å². The zero-order chi connectivity index (χ0) is 13.7. The van der Waals surface area contributed by atoms with Gasteiger partial charge in [-0.15, -0.1) is 0 Å². The molecule has 18 heavy (non-hydrogen) atoms. The van der Waals surface area contributed by atoms with Gasteiger partial charge in [-0.1, -0.05) is 11.6 Å². The molecule has 1 heterocycles. The van der Waals surface area contributed by atoms with Crippen molar-refractivity contribution in [1.82, 2.24) is 9.55 Å². The van der Waals surface area contributed by atoms with Crippen LogP contribution in [-0.4, -0.2) is 44.7 Å². The second-order valence-corrected chi connectivity index (χ2v) is 3.80. The minimum absolute atomic E-state index is 0.634. The van der Waals surface area contributed by atoms with E-state index in [1.165, 1.54) is 0 Å². The molecule has 3 N–H and O–H groups in total. The van der Waals surface area contributed by atoms with Gasteiger partial charge in [0.1, 0.15) is 12.8 Å². The first-order valence-electron chi connectivity index (χ1n) is 4.95. The molecule has 102 valence electrons. The lowest BCUT2D eigenvalue weighted by atomic mass is 10.4. The van der Waals surface area contributed by atoms with Gasteiger partial charge in [-0.25, -0.2) is 9.18 Å². The third kappa shape index (κ3) is 3.64. The van der Waals surface area contributed by atoms with Crippen molar-refractivity contribution in [1.29, 1.82) is 0 Å². The molecule has 9 heteroatoms. The molecule has 1 aromatic heterocycles. The predicted molar refractivity (Wildman–Crippen MR) is 60.2 cm³/mol. The smallest absolute Gasteiger partial charge is 0.330 e. The summed E-state index contributed by atoms with van der Waals surface area (Å²) in [4.78, 5) is 24.1. The van der Waals surface area contributed by atoms with Crippen molar-refractivity contribution in [3.63, 3.8) is 0 Å². The molecule has 0 saturated carbocycles. The Labute approximate surface area is 105 Å². The number of hydrogen-bond donors (Lipinski definition) is 3. The molecule has 0 fully saturated rings. The van der Waals surface area contributed by atoms with Crippen LogP contribution < -0.4 is 11.2 Å². The van der Waals surface area contributed by atoms with Crippen LogP contribution in [0.25, 0.3) is 0 Å². The quantitative estimate of drug-likeness (QED) is 0.577. The number of H-pyrrole nitrogens is 1. The molecule has 1 rings (SSSR count). The molecule has 7 nitrogen and oxygen atoms in total. The van der Waals surface area contributed by atoms with Crippen LogP contribution in [0.15, 0.2) is 21.9 Å². The summed E-state index contributed by atoms with van der Waals surface area (Å²) < 4.78 is 18.5. The van der Waals surface area contributed by atoms with Gasteiger partial charge in [-0.05, 0) is 0 Å². The largest absolute Gasteiger partial charge is 0.394 e. The summed E-state index contributed by atoms with van der Waals surface area (Å²) >= 11 is 5.30. The van der Waals surface area contributed by atoms with E-state index in [1.807, 2.05) is 4.98 Å². The number of hydrogen-bond acceptors (Lipinski definition) is 5. The second kappa shape index (κ2) is 6.64. The van der Waals surface area contributed by atoms with Crippen LogP contribution >= 0.6 is 11.6 Å². The number of alkyl halides is 2. The standard InChI is InChI=1S/C9H12ClFN2O5/c10-8(16)5(4-14)18-7(3-11)13-2-1-6(15)12-9(13)17/h1-2,5,7-8,14,16H,3-4H2,(H,12,15,17)/t5-,7-,8-/m1/s1. The monoisotopic (exact) mass is 282 g/mol. The lowest BCUT2D eigenvalue weighted by Gasteiger charge is -2.23. The molecule has 0 aliphatic rings. The van der Waals surface area contributed by atoms with Crippen molar-refractivity contribution in [2.24, 2.45) is 0 Å². The normalized spacial score (nSPS) is 16.2.